The minimum Gasteiger partial charge on any atom is -0.352 e. The number of nitrogens with zero attached hydrogens (tertiary/aromatic N) is 4. The summed E-state index contributed by atoms with van der Waals surface area (Å²) in [7, 11) is 0. The van der Waals surface area contributed by atoms with E-state index in [0.717, 1.165) is 34.9 Å². The predicted molar refractivity (Wildman–Crippen MR) is 97.0 cm³/mol. The van der Waals surface area contributed by atoms with Gasteiger partial charge in [0.1, 0.15) is 0 Å². The van der Waals surface area contributed by atoms with Crippen LogP contribution < -0.4 is 5.32 Å². The first kappa shape index (κ1) is 16.6. The van der Waals surface area contributed by atoms with Crippen molar-refractivity contribution >= 4 is 17.7 Å². The van der Waals surface area contributed by atoms with Gasteiger partial charge in [0, 0.05) is 30.5 Å². The van der Waals surface area contributed by atoms with Crippen LogP contribution >= 0.6 is 11.8 Å². The normalized spacial score (nSPS) is 17.0. The maximum absolute atomic E-state index is 12.4. The summed E-state index contributed by atoms with van der Waals surface area (Å²) in [5, 5.41) is 12.6. The molecule has 25 heavy (non-hydrogen) atoms. The third-order valence-electron chi connectivity index (χ3n) is 4.89. The molecular formula is C18H23N5OS. The van der Waals surface area contributed by atoms with Gasteiger partial charge in [-0.1, -0.05) is 11.8 Å². The van der Waals surface area contributed by atoms with Crippen LogP contribution in [0.5, 0.6) is 0 Å². The molecule has 2 fully saturated rings. The molecule has 6 nitrogen and oxygen atoms in total. The molecule has 2 aliphatic rings. The van der Waals surface area contributed by atoms with Gasteiger partial charge >= 0.3 is 0 Å². The zero-order valence-electron chi connectivity index (χ0n) is 14.4. The Morgan fingerprint density at radius 3 is 2.52 bits per heavy atom. The Bertz CT molecular complexity index is 727. The zero-order chi connectivity index (χ0) is 17.2. The third kappa shape index (κ3) is 3.86. The van der Waals surface area contributed by atoms with Crippen LogP contribution in [0.15, 0.2) is 29.7 Å². The number of carbonyl (C=O) groups excluding carboxylic acids is 1. The molecule has 0 radical (unpaired) electrons. The lowest BCUT2D eigenvalue weighted by atomic mass is 10.1. The van der Waals surface area contributed by atoms with E-state index in [2.05, 4.69) is 27.4 Å². The van der Waals surface area contributed by atoms with Crippen molar-refractivity contribution in [3.63, 3.8) is 0 Å². The molecular weight excluding hydrogens is 334 g/mol. The zero-order valence-corrected chi connectivity index (χ0v) is 15.2. The van der Waals surface area contributed by atoms with Crippen molar-refractivity contribution in [1.82, 2.24) is 25.1 Å². The number of thioether (sulfide) groups is 1. The second kappa shape index (κ2) is 7.15. The Kier molecular flexibility index (Phi) is 4.74. The summed E-state index contributed by atoms with van der Waals surface area (Å²) >= 11 is 1.46. The minimum absolute atomic E-state index is 0.116. The summed E-state index contributed by atoms with van der Waals surface area (Å²) in [4.78, 5) is 16.4. The van der Waals surface area contributed by atoms with Crippen LogP contribution in [-0.2, 0) is 11.3 Å². The van der Waals surface area contributed by atoms with Gasteiger partial charge in [0.2, 0.25) is 5.91 Å². The molecule has 2 aliphatic carbocycles. The van der Waals surface area contributed by atoms with Crippen molar-refractivity contribution in [2.24, 2.45) is 11.8 Å². The van der Waals surface area contributed by atoms with Crippen LogP contribution in [0, 0.1) is 11.8 Å². The number of carbonyl (C=O) groups is 1. The van der Waals surface area contributed by atoms with Crippen molar-refractivity contribution in [3.8, 4) is 11.4 Å². The van der Waals surface area contributed by atoms with Crippen LogP contribution in [0.4, 0.5) is 0 Å². The number of nitrogens with one attached hydrogen (secondary N) is 1. The molecule has 0 aromatic carbocycles. The average Bonchev–Trinajstić information content (AvgIpc) is 3.56. The molecule has 4 rings (SSSR count). The molecule has 0 spiro atoms. The molecule has 0 aliphatic heterocycles. The number of rotatable bonds is 8. The van der Waals surface area contributed by atoms with E-state index in [4.69, 9.17) is 0 Å². The molecule has 2 heterocycles. The Balaban J connectivity index is 1.39. The van der Waals surface area contributed by atoms with Gasteiger partial charge in [0.15, 0.2) is 11.0 Å². The molecule has 2 aromatic rings. The molecule has 132 valence electrons. The summed E-state index contributed by atoms with van der Waals surface area (Å²) in [6, 6.07) is 4.25. The number of hydrogen-bond donors (Lipinski definition) is 1. The SMILES string of the molecule is CCn1c(SCC(=O)NC(C2CC2)C2CC2)nnc1-c1ccncc1. The summed E-state index contributed by atoms with van der Waals surface area (Å²) in [6.07, 6.45) is 8.59. The largest absolute Gasteiger partial charge is 0.352 e. The molecule has 2 saturated carbocycles. The van der Waals surface area contributed by atoms with E-state index in [1.807, 2.05) is 16.7 Å². The summed E-state index contributed by atoms with van der Waals surface area (Å²) < 4.78 is 2.05. The second-order valence-corrected chi connectivity index (χ2v) is 7.79. The van der Waals surface area contributed by atoms with Gasteiger partial charge in [-0.2, -0.15) is 0 Å². The second-order valence-electron chi connectivity index (χ2n) is 6.84. The minimum atomic E-state index is 0.116. The van der Waals surface area contributed by atoms with Gasteiger partial charge < -0.3 is 9.88 Å². The van der Waals surface area contributed by atoms with Crippen molar-refractivity contribution in [2.75, 3.05) is 5.75 Å². The van der Waals surface area contributed by atoms with Gasteiger partial charge in [-0.15, -0.1) is 10.2 Å². The predicted octanol–water partition coefficient (Wildman–Crippen LogP) is 2.76. The number of pyridine rings is 1. The first-order valence-electron chi connectivity index (χ1n) is 9.02. The Morgan fingerprint density at radius 1 is 1.24 bits per heavy atom. The summed E-state index contributed by atoms with van der Waals surface area (Å²) in [5.41, 5.74) is 0.989. The fraction of sp³-hybridized carbons (Fsp3) is 0.556. The average molecular weight is 357 g/mol. The van der Waals surface area contributed by atoms with Gasteiger partial charge in [-0.05, 0) is 56.6 Å². The van der Waals surface area contributed by atoms with Crippen molar-refractivity contribution in [2.45, 2.75) is 50.4 Å². The monoisotopic (exact) mass is 357 g/mol. The van der Waals surface area contributed by atoms with E-state index in [0.29, 0.717) is 11.8 Å². The number of aromatic nitrogens is 4. The summed E-state index contributed by atoms with van der Waals surface area (Å²) in [5.74, 6) is 2.77. The molecule has 1 amide bonds. The Hall–Kier alpha value is -1.89. The van der Waals surface area contributed by atoms with Crippen LogP contribution in [0.1, 0.15) is 32.6 Å². The number of amides is 1. The van der Waals surface area contributed by atoms with E-state index in [1.165, 1.54) is 37.4 Å². The maximum atomic E-state index is 12.4. The van der Waals surface area contributed by atoms with Crippen LogP contribution in [-0.4, -0.2) is 37.5 Å². The van der Waals surface area contributed by atoms with E-state index in [1.54, 1.807) is 12.4 Å². The first-order valence-corrected chi connectivity index (χ1v) is 10.0. The van der Waals surface area contributed by atoms with Crippen LogP contribution in [0.25, 0.3) is 11.4 Å². The standard InChI is InChI=1S/C18H23N5OS/c1-2-23-17(14-7-9-19-10-8-14)21-22-18(23)25-11-15(24)20-16(12-3-4-12)13-5-6-13/h7-10,12-13,16H,2-6,11H2,1H3,(H,20,24). The molecule has 7 heteroatoms. The first-order chi connectivity index (χ1) is 12.3. The quantitative estimate of drug-likeness (QED) is 0.736. The third-order valence-corrected chi connectivity index (χ3v) is 5.86. The fourth-order valence-electron chi connectivity index (χ4n) is 3.28. The van der Waals surface area contributed by atoms with E-state index < -0.39 is 0 Å². The lowest BCUT2D eigenvalue weighted by Crippen LogP contribution is -2.39. The Labute approximate surface area is 151 Å². The highest BCUT2D eigenvalue weighted by molar-refractivity contribution is 7.99. The highest BCUT2D eigenvalue weighted by atomic mass is 32.2. The highest BCUT2D eigenvalue weighted by Crippen LogP contribution is 2.44. The fourth-order valence-corrected chi connectivity index (χ4v) is 4.10. The van der Waals surface area contributed by atoms with Gasteiger partial charge in [0.25, 0.3) is 0 Å². The Morgan fingerprint density at radius 2 is 1.92 bits per heavy atom. The molecule has 2 aromatic heterocycles. The molecule has 0 saturated heterocycles. The number of hydrogen-bond acceptors (Lipinski definition) is 5. The lowest BCUT2D eigenvalue weighted by molar-refractivity contribution is -0.119. The highest BCUT2D eigenvalue weighted by Gasteiger charge is 2.42. The smallest absolute Gasteiger partial charge is 0.230 e. The van der Waals surface area contributed by atoms with Crippen molar-refractivity contribution in [3.05, 3.63) is 24.5 Å². The van der Waals surface area contributed by atoms with Crippen LogP contribution in [0.2, 0.25) is 0 Å². The van der Waals surface area contributed by atoms with Gasteiger partial charge in [0.05, 0.1) is 5.75 Å². The molecule has 0 atom stereocenters. The van der Waals surface area contributed by atoms with E-state index >= 15 is 0 Å². The van der Waals surface area contributed by atoms with Gasteiger partial charge in [-0.3, -0.25) is 9.78 Å². The molecule has 0 bridgehead atoms. The van der Waals surface area contributed by atoms with E-state index in [9.17, 15) is 4.79 Å². The lowest BCUT2D eigenvalue weighted by Gasteiger charge is -2.17. The van der Waals surface area contributed by atoms with Crippen molar-refractivity contribution in [1.29, 1.82) is 0 Å². The van der Waals surface area contributed by atoms with Crippen molar-refractivity contribution < 1.29 is 4.79 Å². The maximum Gasteiger partial charge on any atom is 0.230 e. The molecule has 0 unspecified atom stereocenters. The van der Waals surface area contributed by atoms with Crippen LogP contribution in [0.3, 0.4) is 0 Å². The molecule has 1 N–H and O–H groups in total. The van der Waals surface area contributed by atoms with E-state index in [-0.39, 0.29) is 5.91 Å². The van der Waals surface area contributed by atoms with Gasteiger partial charge in [-0.25, -0.2) is 0 Å². The topological polar surface area (TPSA) is 72.7 Å². The summed E-state index contributed by atoms with van der Waals surface area (Å²) in [6.45, 7) is 2.83.